The van der Waals surface area contributed by atoms with Crippen LogP contribution < -0.4 is 5.56 Å². The lowest BCUT2D eigenvalue weighted by Gasteiger charge is -1.75. The molecule has 0 aliphatic rings. The van der Waals surface area contributed by atoms with Gasteiger partial charge in [-0.05, 0) is 0 Å². The van der Waals surface area contributed by atoms with Crippen molar-refractivity contribution in [1.82, 2.24) is 3.96 Å². The summed E-state index contributed by atoms with van der Waals surface area (Å²) >= 11 is 1.30. The van der Waals surface area contributed by atoms with Crippen molar-refractivity contribution in [3.63, 3.8) is 0 Å². The van der Waals surface area contributed by atoms with Crippen LogP contribution in [0.3, 0.4) is 0 Å². The summed E-state index contributed by atoms with van der Waals surface area (Å²) in [6, 6.07) is 1.48. The van der Waals surface area contributed by atoms with Gasteiger partial charge in [0.2, 0.25) is 0 Å². The molecule has 1 aromatic heterocycles. The van der Waals surface area contributed by atoms with Gasteiger partial charge in [0.15, 0.2) is 0 Å². The van der Waals surface area contributed by atoms with Gasteiger partial charge in [-0.2, -0.15) is 0 Å². The van der Waals surface area contributed by atoms with E-state index in [0.29, 0.717) is 0 Å². The Hall–Kier alpha value is -0.570. The minimum absolute atomic E-state index is 0.0370. The molecule has 1 rings (SSSR count). The van der Waals surface area contributed by atoms with Crippen LogP contribution in [0.2, 0.25) is 0 Å². The molecule has 7 heavy (non-hydrogen) atoms. The number of rotatable bonds is 0. The molecule has 0 N–H and O–H groups in total. The SMILES string of the molecule is [CH2]n1sccc1=O. The fourth-order valence-electron chi connectivity index (χ4n) is 0.297. The summed E-state index contributed by atoms with van der Waals surface area (Å²) in [5.41, 5.74) is -0.0370. The second-order valence-electron chi connectivity index (χ2n) is 1.12. The lowest BCUT2D eigenvalue weighted by Crippen LogP contribution is -2.03. The summed E-state index contributed by atoms with van der Waals surface area (Å²) in [7, 11) is 3.40. The minimum Gasteiger partial charge on any atom is -0.268 e. The van der Waals surface area contributed by atoms with E-state index in [1.54, 1.807) is 5.38 Å². The molecule has 0 aliphatic carbocycles. The standard InChI is InChI=1S/C4H4NOS/c1-5-4(6)2-3-7-5/h2-3H,1H2. The molecule has 0 amide bonds. The topological polar surface area (TPSA) is 22.0 Å². The summed E-state index contributed by atoms with van der Waals surface area (Å²) in [5, 5.41) is 1.70. The first-order valence-electron chi connectivity index (χ1n) is 1.78. The quantitative estimate of drug-likeness (QED) is 0.482. The van der Waals surface area contributed by atoms with E-state index in [9.17, 15) is 4.79 Å². The van der Waals surface area contributed by atoms with Gasteiger partial charge < -0.3 is 0 Å². The molecule has 0 saturated carbocycles. The second-order valence-corrected chi connectivity index (χ2v) is 2.05. The summed E-state index contributed by atoms with van der Waals surface area (Å²) in [6.07, 6.45) is 0. The summed E-state index contributed by atoms with van der Waals surface area (Å²) < 4.78 is 1.32. The number of hydrogen-bond acceptors (Lipinski definition) is 2. The van der Waals surface area contributed by atoms with Gasteiger partial charge in [-0.15, -0.1) is 0 Å². The molecule has 2 nitrogen and oxygen atoms in total. The molecule has 1 aromatic rings. The largest absolute Gasteiger partial charge is 0.268 e. The van der Waals surface area contributed by atoms with Crippen molar-refractivity contribution in [2.45, 2.75) is 0 Å². The van der Waals surface area contributed by atoms with Crippen LogP contribution in [0.15, 0.2) is 16.2 Å². The van der Waals surface area contributed by atoms with Crippen molar-refractivity contribution < 1.29 is 0 Å². The van der Waals surface area contributed by atoms with Gasteiger partial charge in [0.05, 0.1) is 7.05 Å². The van der Waals surface area contributed by atoms with Crippen LogP contribution in [0.1, 0.15) is 0 Å². The van der Waals surface area contributed by atoms with Gasteiger partial charge in [0.1, 0.15) is 0 Å². The zero-order valence-electron chi connectivity index (χ0n) is 3.63. The van der Waals surface area contributed by atoms with Gasteiger partial charge in [-0.25, -0.2) is 0 Å². The maximum atomic E-state index is 10.3. The molecule has 0 aromatic carbocycles. The van der Waals surface area contributed by atoms with Crippen molar-refractivity contribution in [3.8, 4) is 0 Å². The lowest BCUT2D eigenvalue weighted by atomic mass is 10.7. The molecule has 0 spiro atoms. The maximum absolute atomic E-state index is 10.3. The Morgan fingerprint density at radius 3 is 2.71 bits per heavy atom. The molecular formula is C4H4NOS. The van der Waals surface area contributed by atoms with Crippen molar-refractivity contribution in [3.05, 3.63) is 28.8 Å². The maximum Gasteiger partial charge on any atom is 0.260 e. The lowest BCUT2D eigenvalue weighted by molar-refractivity contribution is 1.14. The molecule has 1 radical (unpaired) electrons. The summed E-state index contributed by atoms with van der Waals surface area (Å²) in [4.78, 5) is 10.3. The highest BCUT2D eigenvalue weighted by Crippen LogP contribution is 1.86. The highest BCUT2D eigenvalue weighted by atomic mass is 32.1. The molecule has 0 aliphatic heterocycles. The van der Waals surface area contributed by atoms with Gasteiger partial charge in [-0.1, -0.05) is 11.5 Å². The highest BCUT2D eigenvalue weighted by Gasteiger charge is 1.83. The van der Waals surface area contributed by atoms with E-state index in [1.165, 1.54) is 21.6 Å². The third-order valence-electron chi connectivity index (χ3n) is 0.645. The Kier molecular flexibility index (Phi) is 0.982. The van der Waals surface area contributed by atoms with E-state index in [2.05, 4.69) is 7.05 Å². The van der Waals surface area contributed by atoms with E-state index in [1.807, 2.05) is 0 Å². The third kappa shape index (κ3) is 0.718. The van der Waals surface area contributed by atoms with Crippen LogP contribution >= 0.6 is 11.5 Å². The van der Waals surface area contributed by atoms with E-state index in [-0.39, 0.29) is 5.56 Å². The van der Waals surface area contributed by atoms with Gasteiger partial charge >= 0.3 is 0 Å². The highest BCUT2D eigenvalue weighted by molar-refractivity contribution is 7.04. The van der Waals surface area contributed by atoms with Crippen molar-refractivity contribution >= 4 is 11.5 Å². The van der Waals surface area contributed by atoms with Crippen LogP contribution in [0.4, 0.5) is 0 Å². The zero-order valence-corrected chi connectivity index (χ0v) is 4.44. The second kappa shape index (κ2) is 1.50. The average molecular weight is 114 g/mol. The number of nitrogens with zero attached hydrogens (tertiary/aromatic N) is 1. The van der Waals surface area contributed by atoms with Gasteiger partial charge in [0.25, 0.3) is 5.56 Å². The fourth-order valence-corrected chi connectivity index (χ4v) is 0.786. The summed E-state index contributed by atoms with van der Waals surface area (Å²) in [6.45, 7) is 0. The van der Waals surface area contributed by atoms with Gasteiger partial charge in [0, 0.05) is 11.4 Å². The molecule has 0 unspecified atom stereocenters. The number of hydrogen-bond donors (Lipinski definition) is 0. The summed E-state index contributed by atoms with van der Waals surface area (Å²) in [5.74, 6) is 0. The monoisotopic (exact) mass is 114 g/mol. The van der Waals surface area contributed by atoms with Crippen LogP contribution in [0.25, 0.3) is 0 Å². The predicted molar refractivity (Wildman–Crippen MR) is 29.3 cm³/mol. The average Bonchev–Trinajstić information content (AvgIpc) is 1.91. The van der Waals surface area contributed by atoms with Crippen LogP contribution in [-0.4, -0.2) is 3.96 Å². The molecule has 3 heteroatoms. The Morgan fingerprint density at radius 1 is 1.86 bits per heavy atom. The van der Waals surface area contributed by atoms with E-state index in [0.717, 1.165) is 0 Å². The molecule has 37 valence electrons. The predicted octanol–water partition coefficient (Wildman–Crippen LogP) is 0.549. The fraction of sp³-hybridized carbons (Fsp3) is 0. The van der Waals surface area contributed by atoms with E-state index in [4.69, 9.17) is 0 Å². The van der Waals surface area contributed by atoms with Crippen LogP contribution in [0, 0.1) is 7.05 Å². The zero-order chi connectivity index (χ0) is 5.28. The Bertz CT molecular complexity index is 199. The van der Waals surface area contributed by atoms with Crippen molar-refractivity contribution in [2.75, 3.05) is 0 Å². The van der Waals surface area contributed by atoms with Gasteiger partial charge in [-0.3, -0.25) is 8.75 Å². The minimum atomic E-state index is -0.0370. The van der Waals surface area contributed by atoms with Crippen molar-refractivity contribution in [2.24, 2.45) is 0 Å². The van der Waals surface area contributed by atoms with E-state index >= 15 is 0 Å². The molecule has 0 atom stereocenters. The first-order valence-corrected chi connectivity index (χ1v) is 2.62. The Morgan fingerprint density at radius 2 is 2.57 bits per heavy atom. The normalized spacial score (nSPS) is 9.29. The molecule has 1 heterocycles. The first kappa shape index (κ1) is 4.59. The van der Waals surface area contributed by atoms with Crippen LogP contribution in [-0.2, 0) is 0 Å². The van der Waals surface area contributed by atoms with E-state index < -0.39 is 0 Å². The van der Waals surface area contributed by atoms with Crippen molar-refractivity contribution in [1.29, 1.82) is 0 Å². The molecule has 0 fully saturated rings. The Labute approximate surface area is 45.2 Å². The van der Waals surface area contributed by atoms with Crippen LogP contribution in [0.5, 0.6) is 0 Å². The molecular weight excluding hydrogens is 110 g/mol. The third-order valence-corrected chi connectivity index (χ3v) is 1.34. The Balaban J connectivity index is 3.39. The smallest absolute Gasteiger partial charge is 0.260 e. The molecule has 0 saturated heterocycles. The molecule has 0 bridgehead atoms. The number of aromatic nitrogens is 1. The first-order chi connectivity index (χ1) is 3.30.